The monoisotopic (exact) mass is 225 g/mol. The summed E-state index contributed by atoms with van der Waals surface area (Å²) in [6.07, 6.45) is 1.03. The molecule has 1 aromatic heterocycles. The SMILES string of the molecule is ON=Cc1c(Cl)nc(Cl)nc1Cl. The predicted octanol–water partition coefficient (Wildman–Crippen LogP) is 2.24. The molecule has 0 aliphatic rings. The molecule has 0 aromatic carbocycles. The normalized spacial score (nSPS) is 10.9. The zero-order chi connectivity index (χ0) is 9.14. The third-order valence-corrected chi connectivity index (χ3v) is 1.76. The van der Waals surface area contributed by atoms with Crippen molar-refractivity contribution in [3.05, 3.63) is 21.2 Å². The van der Waals surface area contributed by atoms with Gasteiger partial charge in [0.1, 0.15) is 10.3 Å². The summed E-state index contributed by atoms with van der Waals surface area (Å²) in [6, 6.07) is 0. The molecule has 1 aromatic rings. The molecule has 12 heavy (non-hydrogen) atoms. The van der Waals surface area contributed by atoms with E-state index in [1.54, 1.807) is 0 Å². The highest BCUT2D eigenvalue weighted by atomic mass is 35.5. The molecule has 7 heteroatoms. The van der Waals surface area contributed by atoms with Crippen molar-refractivity contribution >= 4 is 41.0 Å². The average molecular weight is 226 g/mol. The summed E-state index contributed by atoms with van der Waals surface area (Å²) in [5.41, 5.74) is 0.227. The smallest absolute Gasteiger partial charge is 0.225 e. The van der Waals surface area contributed by atoms with Gasteiger partial charge in [0.25, 0.3) is 0 Å². The molecule has 1 heterocycles. The van der Waals surface area contributed by atoms with Crippen molar-refractivity contribution in [2.45, 2.75) is 0 Å². The second kappa shape index (κ2) is 3.89. The van der Waals surface area contributed by atoms with Crippen LogP contribution in [0.1, 0.15) is 5.56 Å². The Labute approximate surface area is 82.8 Å². The first-order valence-corrected chi connectivity index (χ1v) is 3.84. The molecular formula is C5H2Cl3N3O. The quantitative estimate of drug-likeness (QED) is 0.263. The van der Waals surface area contributed by atoms with Crippen LogP contribution in [-0.4, -0.2) is 21.4 Å². The van der Waals surface area contributed by atoms with Crippen molar-refractivity contribution in [2.24, 2.45) is 5.16 Å². The standard InChI is InChI=1S/C5H2Cl3N3O/c6-3-2(1-9-12)4(7)11-5(8)10-3/h1,12H. The number of nitrogens with zero attached hydrogens (tertiary/aromatic N) is 3. The van der Waals surface area contributed by atoms with E-state index in [0.29, 0.717) is 0 Å². The van der Waals surface area contributed by atoms with E-state index in [1.165, 1.54) is 0 Å². The Hall–Kier alpha value is -0.580. The van der Waals surface area contributed by atoms with E-state index in [4.69, 9.17) is 40.0 Å². The number of halogens is 3. The predicted molar refractivity (Wildman–Crippen MR) is 46.4 cm³/mol. The first-order chi connectivity index (χ1) is 5.65. The Morgan fingerprint density at radius 2 is 1.67 bits per heavy atom. The zero-order valence-electron chi connectivity index (χ0n) is 5.50. The van der Waals surface area contributed by atoms with E-state index in [9.17, 15) is 0 Å². The van der Waals surface area contributed by atoms with Crippen LogP contribution in [0, 0.1) is 0 Å². The van der Waals surface area contributed by atoms with Crippen molar-refractivity contribution in [3.8, 4) is 0 Å². The number of hydrogen-bond donors (Lipinski definition) is 1. The Morgan fingerprint density at radius 1 is 1.17 bits per heavy atom. The average Bonchev–Trinajstić information content (AvgIpc) is 1.96. The molecule has 0 saturated carbocycles. The summed E-state index contributed by atoms with van der Waals surface area (Å²) in [5.74, 6) is 0. The van der Waals surface area contributed by atoms with E-state index in [0.717, 1.165) is 6.21 Å². The lowest BCUT2D eigenvalue weighted by atomic mass is 10.4. The molecule has 0 aliphatic carbocycles. The van der Waals surface area contributed by atoms with Gasteiger partial charge >= 0.3 is 0 Å². The lowest BCUT2D eigenvalue weighted by molar-refractivity contribution is 0.322. The molecule has 0 bridgehead atoms. The zero-order valence-corrected chi connectivity index (χ0v) is 7.77. The minimum atomic E-state index is -0.0555. The van der Waals surface area contributed by atoms with Gasteiger partial charge in [0, 0.05) is 0 Å². The maximum Gasteiger partial charge on any atom is 0.225 e. The fourth-order valence-electron chi connectivity index (χ4n) is 0.557. The van der Waals surface area contributed by atoms with Crippen LogP contribution >= 0.6 is 34.8 Å². The Bertz CT molecular complexity index is 305. The summed E-state index contributed by atoms with van der Waals surface area (Å²) in [6.45, 7) is 0. The lowest BCUT2D eigenvalue weighted by Crippen LogP contribution is -1.93. The van der Waals surface area contributed by atoms with Gasteiger partial charge in [0.15, 0.2) is 0 Å². The highest BCUT2D eigenvalue weighted by Gasteiger charge is 2.08. The van der Waals surface area contributed by atoms with Crippen LogP contribution < -0.4 is 0 Å². The van der Waals surface area contributed by atoms with Gasteiger partial charge < -0.3 is 5.21 Å². The van der Waals surface area contributed by atoms with Gasteiger partial charge in [-0.05, 0) is 11.6 Å². The molecule has 0 unspecified atom stereocenters. The fraction of sp³-hybridized carbons (Fsp3) is 0. The maximum atomic E-state index is 8.20. The van der Waals surface area contributed by atoms with Crippen molar-refractivity contribution in [1.82, 2.24) is 9.97 Å². The molecular weight excluding hydrogens is 224 g/mol. The van der Waals surface area contributed by atoms with Gasteiger partial charge in [-0.3, -0.25) is 0 Å². The second-order valence-electron chi connectivity index (χ2n) is 1.73. The van der Waals surface area contributed by atoms with E-state index >= 15 is 0 Å². The number of oxime groups is 1. The topological polar surface area (TPSA) is 58.4 Å². The molecule has 0 atom stereocenters. The van der Waals surface area contributed by atoms with E-state index < -0.39 is 0 Å². The van der Waals surface area contributed by atoms with Crippen molar-refractivity contribution < 1.29 is 5.21 Å². The van der Waals surface area contributed by atoms with Gasteiger partial charge in [-0.25, -0.2) is 9.97 Å². The lowest BCUT2D eigenvalue weighted by Gasteiger charge is -1.98. The van der Waals surface area contributed by atoms with E-state index in [-0.39, 0.29) is 21.2 Å². The van der Waals surface area contributed by atoms with Crippen LogP contribution in [0.4, 0.5) is 0 Å². The molecule has 0 saturated heterocycles. The summed E-state index contributed by atoms with van der Waals surface area (Å²) in [5, 5.41) is 11.0. The summed E-state index contributed by atoms with van der Waals surface area (Å²) in [4.78, 5) is 7.17. The number of rotatable bonds is 1. The van der Waals surface area contributed by atoms with Gasteiger partial charge in [-0.2, -0.15) is 0 Å². The third kappa shape index (κ3) is 1.97. The summed E-state index contributed by atoms with van der Waals surface area (Å²) < 4.78 is 0. The van der Waals surface area contributed by atoms with Crippen molar-refractivity contribution in [2.75, 3.05) is 0 Å². The Kier molecular flexibility index (Phi) is 3.08. The molecule has 0 spiro atoms. The van der Waals surface area contributed by atoms with Crippen LogP contribution in [0.25, 0.3) is 0 Å². The molecule has 0 radical (unpaired) electrons. The van der Waals surface area contributed by atoms with Crippen LogP contribution in [0.15, 0.2) is 5.16 Å². The molecule has 0 fully saturated rings. The Balaban J connectivity index is 3.28. The number of hydrogen-bond acceptors (Lipinski definition) is 4. The molecule has 64 valence electrons. The molecule has 1 rings (SSSR count). The first kappa shape index (κ1) is 9.51. The minimum absolute atomic E-state index is 0.0396. The molecule has 0 aliphatic heterocycles. The minimum Gasteiger partial charge on any atom is -0.411 e. The van der Waals surface area contributed by atoms with Crippen LogP contribution in [0.5, 0.6) is 0 Å². The Morgan fingerprint density at radius 3 is 2.08 bits per heavy atom. The third-order valence-electron chi connectivity index (χ3n) is 1.01. The van der Waals surface area contributed by atoms with Gasteiger partial charge in [-0.1, -0.05) is 28.4 Å². The van der Waals surface area contributed by atoms with Crippen LogP contribution in [0.3, 0.4) is 0 Å². The van der Waals surface area contributed by atoms with Gasteiger partial charge in [-0.15, -0.1) is 0 Å². The van der Waals surface area contributed by atoms with E-state index in [1.807, 2.05) is 0 Å². The summed E-state index contributed by atoms with van der Waals surface area (Å²) in [7, 11) is 0. The molecule has 0 amide bonds. The van der Waals surface area contributed by atoms with Crippen molar-refractivity contribution in [1.29, 1.82) is 0 Å². The molecule has 1 N–H and O–H groups in total. The van der Waals surface area contributed by atoms with Gasteiger partial charge in [0.05, 0.1) is 11.8 Å². The molecule has 4 nitrogen and oxygen atoms in total. The highest BCUT2D eigenvalue weighted by Crippen LogP contribution is 2.20. The largest absolute Gasteiger partial charge is 0.411 e. The van der Waals surface area contributed by atoms with Crippen LogP contribution in [-0.2, 0) is 0 Å². The first-order valence-electron chi connectivity index (χ1n) is 2.71. The number of aromatic nitrogens is 2. The summed E-state index contributed by atoms with van der Waals surface area (Å²) >= 11 is 16.6. The highest BCUT2D eigenvalue weighted by molar-refractivity contribution is 6.38. The second-order valence-corrected chi connectivity index (χ2v) is 2.79. The fourth-order valence-corrected chi connectivity index (χ4v) is 1.30. The van der Waals surface area contributed by atoms with Gasteiger partial charge in [0.2, 0.25) is 5.28 Å². The van der Waals surface area contributed by atoms with E-state index in [2.05, 4.69) is 15.1 Å². The maximum absolute atomic E-state index is 8.20. The van der Waals surface area contributed by atoms with Crippen LogP contribution in [0.2, 0.25) is 15.6 Å². The van der Waals surface area contributed by atoms with Crippen molar-refractivity contribution in [3.63, 3.8) is 0 Å².